The topological polar surface area (TPSA) is 27.7 Å². The summed E-state index contributed by atoms with van der Waals surface area (Å²) in [6.45, 7) is 4.32. The zero-order valence-corrected chi connectivity index (χ0v) is 22.1. The fourth-order valence-corrected chi connectivity index (χ4v) is 10.5. The van der Waals surface area contributed by atoms with Crippen molar-refractivity contribution in [1.82, 2.24) is 0 Å². The van der Waals surface area contributed by atoms with E-state index in [9.17, 15) is 0 Å². The number of hydrogen-bond acceptors (Lipinski definition) is 3. The van der Waals surface area contributed by atoms with Crippen LogP contribution in [-0.4, -0.2) is 30.6 Å². The van der Waals surface area contributed by atoms with Crippen LogP contribution in [0.15, 0.2) is 36.4 Å². The largest absolute Gasteiger partial charge is 0.496 e. The Labute approximate surface area is 207 Å². The summed E-state index contributed by atoms with van der Waals surface area (Å²) in [6.07, 6.45) is 14.9. The third kappa shape index (κ3) is 4.97. The molecule has 4 heteroatoms. The zero-order chi connectivity index (χ0) is 23.5. The third-order valence-corrected chi connectivity index (χ3v) is 11.5. The lowest BCUT2D eigenvalue weighted by atomic mass is 9.99. The van der Waals surface area contributed by atoms with E-state index in [0.717, 1.165) is 40.6 Å². The molecule has 0 N–H and O–H groups in total. The summed E-state index contributed by atoms with van der Waals surface area (Å²) < 4.78 is 19.2. The standard InChI is InChI=1S/C30H41O3P/c1-21-20-22(2)33-27-18-11-19-28(30(27)29-25(31-3)16-10-17-26(29)32-21)34(23-12-6-4-7-13-23)24-14-8-5-9-15-24/h10-11,16-19,21-24H,4-9,12-15,20H2,1-3H3/t21-,22-/m1/s1. The van der Waals surface area contributed by atoms with Gasteiger partial charge in [-0.15, -0.1) is 0 Å². The van der Waals surface area contributed by atoms with Crippen LogP contribution in [0.5, 0.6) is 17.2 Å². The highest BCUT2D eigenvalue weighted by Crippen LogP contribution is 2.58. The molecule has 0 bridgehead atoms. The SMILES string of the molecule is COc1cccc2c1-c1c(cccc1P(C1CCCCC1)C1CCCCC1)O[C@H](C)C[C@@H](C)O2. The van der Waals surface area contributed by atoms with Crippen molar-refractivity contribution in [3.05, 3.63) is 36.4 Å². The highest BCUT2D eigenvalue weighted by Gasteiger charge is 2.36. The molecule has 2 aromatic carbocycles. The van der Waals surface area contributed by atoms with Crippen LogP contribution in [0, 0.1) is 0 Å². The smallest absolute Gasteiger partial charge is 0.131 e. The molecular weight excluding hydrogens is 439 g/mol. The molecule has 2 aromatic rings. The van der Waals surface area contributed by atoms with Crippen LogP contribution in [0.1, 0.15) is 84.5 Å². The molecule has 0 saturated heterocycles. The van der Waals surface area contributed by atoms with Crippen molar-refractivity contribution < 1.29 is 14.2 Å². The molecule has 1 aliphatic heterocycles. The number of ether oxygens (including phenoxy) is 3. The molecule has 34 heavy (non-hydrogen) atoms. The molecule has 0 unspecified atom stereocenters. The zero-order valence-electron chi connectivity index (χ0n) is 21.2. The Hall–Kier alpha value is -1.73. The predicted octanol–water partition coefficient (Wildman–Crippen LogP) is 8.07. The lowest BCUT2D eigenvalue weighted by Gasteiger charge is -2.40. The predicted molar refractivity (Wildman–Crippen MR) is 144 cm³/mol. The maximum atomic E-state index is 6.68. The monoisotopic (exact) mass is 480 g/mol. The molecule has 0 spiro atoms. The molecule has 3 aliphatic rings. The van der Waals surface area contributed by atoms with Crippen LogP contribution < -0.4 is 19.5 Å². The lowest BCUT2D eigenvalue weighted by Crippen LogP contribution is -2.27. The number of benzene rings is 2. The van der Waals surface area contributed by atoms with Crippen molar-refractivity contribution in [3.8, 4) is 28.4 Å². The number of rotatable bonds is 4. The van der Waals surface area contributed by atoms with Crippen LogP contribution in [0.3, 0.4) is 0 Å². The third-order valence-electron chi connectivity index (χ3n) is 8.00. The second-order valence-corrected chi connectivity index (χ2v) is 13.3. The molecule has 0 aromatic heterocycles. The van der Waals surface area contributed by atoms with Gasteiger partial charge in [0.15, 0.2) is 0 Å². The summed E-state index contributed by atoms with van der Waals surface area (Å²) in [4.78, 5) is 0. The average molecular weight is 481 g/mol. The van der Waals surface area contributed by atoms with Crippen LogP contribution >= 0.6 is 7.92 Å². The molecule has 2 saturated carbocycles. The number of methoxy groups -OCH3 is 1. The highest BCUT2D eigenvalue weighted by molar-refractivity contribution is 7.67. The van der Waals surface area contributed by atoms with E-state index in [1.54, 1.807) is 7.11 Å². The van der Waals surface area contributed by atoms with Crippen molar-refractivity contribution in [1.29, 1.82) is 0 Å². The molecule has 1 heterocycles. The van der Waals surface area contributed by atoms with Gasteiger partial charge in [0.2, 0.25) is 0 Å². The van der Waals surface area contributed by atoms with Gasteiger partial charge in [0, 0.05) is 12.0 Å². The summed E-state index contributed by atoms with van der Waals surface area (Å²) in [5.74, 6) is 2.83. The molecule has 5 rings (SSSR count). The number of fused-ring (bicyclic) bond motifs is 3. The first-order chi connectivity index (χ1) is 16.7. The van der Waals surface area contributed by atoms with Crippen molar-refractivity contribution in [3.63, 3.8) is 0 Å². The first-order valence-corrected chi connectivity index (χ1v) is 15.1. The summed E-state index contributed by atoms with van der Waals surface area (Å²) in [5, 5.41) is 1.53. The van der Waals surface area contributed by atoms with Gasteiger partial charge in [0.1, 0.15) is 17.2 Å². The Kier molecular flexibility index (Phi) is 7.69. The van der Waals surface area contributed by atoms with E-state index in [1.807, 2.05) is 0 Å². The van der Waals surface area contributed by atoms with E-state index >= 15 is 0 Å². The first-order valence-electron chi connectivity index (χ1n) is 13.6. The van der Waals surface area contributed by atoms with Crippen LogP contribution in [0.4, 0.5) is 0 Å². The number of hydrogen-bond donors (Lipinski definition) is 0. The van der Waals surface area contributed by atoms with E-state index in [-0.39, 0.29) is 20.1 Å². The fourth-order valence-electron chi connectivity index (χ4n) is 6.52. The van der Waals surface area contributed by atoms with E-state index in [2.05, 4.69) is 50.2 Å². The molecule has 0 amide bonds. The fraction of sp³-hybridized carbons (Fsp3) is 0.600. The van der Waals surface area contributed by atoms with Gasteiger partial charge in [0.05, 0.1) is 24.9 Å². The van der Waals surface area contributed by atoms with Crippen LogP contribution in [0.2, 0.25) is 0 Å². The summed E-state index contributed by atoms with van der Waals surface area (Å²) in [6, 6.07) is 13.1. The van der Waals surface area contributed by atoms with Gasteiger partial charge in [0.25, 0.3) is 0 Å². The van der Waals surface area contributed by atoms with Crippen molar-refractivity contribution in [2.75, 3.05) is 7.11 Å². The van der Waals surface area contributed by atoms with Crippen molar-refractivity contribution in [2.24, 2.45) is 0 Å². The highest BCUT2D eigenvalue weighted by atomic mass is 31.1. The van der Waals surface area contributed by atoms with Gasteiger partial charge in [-0.25, -0.2) is 0 Å². The minimum Gasteiger partial charge on any atom is -0.496 e. The minimum atomic E-state index is -0.294. The average Bonchev–Trinajstić information content (AvgIpc) is 2.90. The van der Waals surface area contributed by atoms with Crippen LogP contribution in [-0.2, 0) is 0 Å². The van der Waals surface area contributed by atoms with Gasteiger partial charge >= 0.3 is 0 Å². The second kappa shape index (κ2) is 10.9. The van der Waals surface area contributed by atoms with Gasteiger partial charge in [-0.1, -0.05) is 64.6 Å². The molecule has 0 radical (unpaired) electrons. The Morgan fingerprint density at radius 3 is 1.79 bits per heavy atom. The second-order valence-electron chi connectivity index (χ2n) is 10.6. The first kappa shape index (κ1) is 24.0. The summed E-state index contributed by atoms with van der Waals surface area (Å²) >= 11 is 0. The molecule has 184 valence electrons. The summed E-state index contributed by atoms with van der Waals surface area (Å²) in [5.41, 5.74) is 3.98. The Balaban J connectivity index is 1.72. The minimum absolute atomic E-state index is 0.0804. The van der Waals surface area contributed by atoms with Crippen LogP contribution in [0.25, 0.3) is 11.1 Å². The quantitative estimate of drug-likeness (QED) is 0.414. The Morgan fingerprint density at radius 1 is 0.706 bits per heavy atom. The normalized spacial score (nSPS) is 24.1. The van der Waals surface area contributed by atoms with Gasteiger partial charge in [-0.3, -0.25) is 0 Å². The maximum absolute atomic E-state index is 6.68. The molecule has 2 aliphatic carbocycles. The molecule has 2 fully saturated rings. The van der Waals surface area contributed by atoms with E-state index in [0.29, 0.717) is 0 Å². The lowest BCUT2D eigenvalue weighted by molar-refractivity contribution is 0.134. The van der Waals surface area contributed by atoms with E-state index in [1.165, 1.54) is 75.1 Å². The van der Waals surface area contributed by atoms with E-state index in [4.69, 9.17) is 14.2 Å². The molecular formula is C30H41O3P. The molecule has 2 atom stereocenters. The van der Waals surface area contributed by atoms with Gasteiger partial charge < -0.3 is 14.2 Å². The van der Waals surface area contributed by atoms with E-state index < -0.39 is 0 Å². The van der Waals surface area contributed by atoms with Gasteiger partial charge in [-0.05, 0) is 74.4 Å². The summed E-state index contributed by atoms with van der Waals surface area (Å²) in [7, 11) is 1.49. The Morgan fingerprint density at radius 2 is 1.24 bits per heavy atom. The molecule has 3 nitrogen and oxygen atoms in total. The Bertz CT molecular complexity index is 944. The van der Waals surface area contributed by atoms with Crippen molar-refractivity contribution >= 4 is 13.2 Å². The van der Waals surface area contributed by atoms with Crippen molar-refractivity contribution in [2.45, 2.75) is 108 Å². The maximum Gasteiger partial charge on any atom is 0.131 e. The van der Waals surface area contributed by atoms with Gasteiger partial charge in [-0.2, -0.15) is 0 Å².